The first-order valence-electron chi connectivity index (χ1n) is 10.1. The van der Waals surface area contributed by atoms with Gasteiger partial charge in [0, 0.05) is 24.0 Å². The van der Waals surface area contributed by atoms with Gasteiger partial charge in [0.1, 0.15) is 5.69 Å². The third-order valence-corrected chi connectivity index (χ3v) is 4.85. The van der Waals surface area contributed by atoms with Gasteiger partial charge in [-0.3, -0.25) is 9.51 Å². The highest BCUT2D eigenvalue weighted by atomic mass is 19.4. The molecule has 0 aliphatic heterocycles. The molecular formula is C23H19F3N6O2. The van der Waals surface area contributed by atoms with E-state index in [4.69, 9.17) is 10.3 Å². The molecule has 0 spiro atoms. The average molecular weight is 468 g/mol. The molecule has 174 valence electrons. The summed E-state index contributed by atoms with van der Waals surface area (Å²) in [5, 5.41) is 18.1. The van der Waals surface area contributed by atoms with E-state index in [1.165, 1.54) is 23.0 Å². The summed E-state index contributed by atoms with van der Waals surface area (Å²) in [5.74, 6) is -0.113. The number of halogens is 3. The number of aliphatic imine (C=N–C) groups is 1. The summed E-state index contributed by atoms with van der Waals surface area (Å²) in [7, 11) is 0. The van der Waals surface area contributed by atoms with Gasteiger partial charge in [-0.25, -0.2) is 4.99 Å². The fourth-order valence-electron chi connectivity index (χ4n) is 3.24. The smallest absolute Gasteiger partial charge is 0.416 e. The monoisotopic (exact) mass is 468 g/mol. The Morgan fingerprint density at radius 2 is 1.94 bits per heavy atom. The van der Waals surface area contributed by atoms with E-state index < -0.39 is 17.8 Å². The Bertz CT molecular complexity index is 1300. The summed E-state index contributed by atoms with van der Waals surface area (Å²) in [6, 6.07) is 14.9. The zero-order valence-electron chi connectivity index (χ0n) is 17.7. The first-order chi connectivity index (χ1) is 16.3. The quantitative estimate of drug-likeness (QED) is 0.255. The van der Waals surface area contributed by atoms with Crippen molar-refractivity contribution in [2.24, 2.45) is 10.7 Å². The minimum absolute atomic E-state index is 0.0449. The molecule has 2 aromatic heterocycles. The number of nitrogens with two attached hydrogens (primary N) is 1. The number of nitrogens with zero attached hydrogens (tertiary/aromatic N) is 4. The van der Waals surface area contributed by atoms with Crippen molar-refractivity contribution in [3.8, 4) is 11.1 Å². The van der Waals surface area contributed by atoms with Crippen molar-refractivity contribution in [2.45, 2.75) is 19.3 Å². The highest BCUT2D eigenvalue weighted by Crippen LogP contribution is 2.30. The van der Waals surface area contributed by atoms with Crippen LogP contribution in [0.2, 0.25) is 0 Å². The van der Waals surface area contributed by atoms with Crippen LogP contribution < -0.4 is 20.8 Å². The molecule has 0 amide bonds. The highest BCUT2D eigenvalue weighted by molar-refractivity contribution is 5.87. The lowest BCUT2D eigenvalue weighted by Gasteiger charge is -2.14. The highest BCUT2D eigenvalue weighted by Gasteiger charge is 2.30. The van der Waals surface area contributed by atoms with Crippen molar-refractivity contribution in [1.29, 1.82) is 0 Å². The lowest BCUT2D eigenvalue weighted by Crippen LogP contribution is -2.35. The molecule has 3 N–H and O–H groups in total. The van der Waals surface area contributed by atoms with Gasteiger partial charge in [-0.15, -0.1) is 0 Å². The Kier molecular flexibility index (Phi) is 6.55. The van der Waals surface area contributed by atoms with Gasteiger partial charge in [-0.05, 0) is 40.1 Å². The van der Waals surface area contributed by atoms with Gasteiger partial charge in [-0.2, -0.15) is 13.2 Å². The van der Waals surface area contributed by atoms with Crippen LogP contribution in [0.4, 0.5) is 24.7 Å². The Hall–Kier alpha value is -4.25. The van der Waals surface area contributed by atoms with Gasteiger partial charge >= 0.3 is 12.1 Å². The number of hydrogen-bond acceptors (Lipinski definition) is 6. The summed E-state index contributed by atoms with van der Waals surface area (Å²) >= 11 is 0. The first-order valence-corrected chi connectivity index (χ1v) is 10.1. The molecule has 0 radical (unpaired) electrons. The summed E-state index contributed by atoms with van der Waals surface area (Å²) in [6.07, 6.45) is -1.41. The molecule has 0 unspecified atom stereocenters. The van der Waals surface area contributed by atoms with Crippen LogP contribution in [0.3, 0.4) is 0 Å². The van der Waals surface area contributed by atoms with Crippen molar-refractivity contribution in [1.82, 2.24) is 10.3 Å². The maximum Gasteiger partial charge on any atom is 0.416 e. The van der Waals surface area contributed by atoms with Crippen molar-refractivity contribution in [3.05, 3.63) is 89.9 Å². The standard InChI is InChI=1S/C23H19F3N6O2/c24-23(25,26)17-5-3-6-18(10-17)29-22(33)30-21-14-32(31-34-21)13-19-9-8-16(12-28-19)20-7-2-1-4-15(20)11-27/h1-10,12,14H,11,13,27H2,(H-,29,30,31,33). The van der Waals surface area contributed by atoms with Crippen molar-refractivity contribution >= 4 is 17.6 Å². The molecule has 0 aliphatic carbocycles. The molecule has 8 nitrogen and oxygen atoms in total. The maximum atomic E-state index is 12.8. The van der Waals surface area contributed by atoms with Gasteiger partial charge in [0.05, 0.1) is 11.6 Å². The summed E-state index contributed by atoms with van der Waals surface area (Å²) in [5.41, 5.74) is 8.50. The molecule has 4 aromatic rings. The molecule has 0 saturated heterocycles. The van der Waals surface area contributed by atoms with Crippen LogP contribution in [0, 0.1) is 0 Å². The third-order valence-electron chi connectivity index (χ3n) is 4.85. The average Bonchev–Trinajstić information content (AvgIpc) is 3.25. The Morgan fingerprint density at radius 1 is 1.12 bits per heavy atom. The van der Waals surface area contributed by atoms with E-state index >= 15 is 0 Å². The summed E-state index contributed by atoms with van der Waals surface area (Å²) in [6.45, 7) is 0.674. The number of hydrogen-bond donors (Lipinski definition) is 2. The largest absolute Gasteiger partial charge is 0.846 e. The zero-order valence-corrected chi connectivity index (χ0v) is 17.7. The summed E-state index contributed by atoms with van der Waals surface area (Å²) in [4.78, 5) is 8.10. The minimum atomic E-state index is -4.52. The summed E-state index contributed by atoms with van der Waals surface area (Å²) < 4.78 is 44.8. The van der Waals surface area contributed by atoms with Crippen molar-refractivity contribution in [2.75, 3.05) is 5.32 Å². The van der Waals surface area contributed by atoms with Gasteiger partial charge in [-0.1, -0.05) is 36.4 Å². The second kappa shape index (κ2) is 9.71. The number of rotatable bonds is 6. The molecule has 0 saturated carbocycles. The van der Waals surface area contributed by atoms with Crippen LogP contribution in [0.5, 0.6) is 0 Å². The Labute approximate surface area is 192 Å². The number of amidine groups is 1. The Morgan fingerprint density at radius 3 is 2.68 bits per heavy atom. The van der Waals surface area contributed by atoms with E-state index in [0.29, 0.717) is 12.2 Å². The Balaban J connectivity index is 1.42. The van der Waals surface area contributed by atoms with Crippen LogP contribution in [-0.4, -0.2) is 16.3 Å². The van der Waals surface area contributed by atoms with Gasteiger partial charge < -0.3 is 16.2 Å². The molecule has 0 fully saturated rings. The number of anilines is 1. The number of benzene rings is 2. The lowest BCUT2D eigenvalue weighted by molar-refractivity contribution is -0.755. The predicted molar refractivity (Wildman–Crippen MR) is 116 cm³/mol. The lowest BCUT2D eigenvalue weighted by atomic mass is 10.0. The van der Waals surface area contributed by atoms with Crippen LogP contribution in [0.25, 0.3) is 11.1 Å². The van der Waals surface area contributed by atoms with E-state index in [1.807, 2.05) is 36.4 Å². The molecule has 0 atom stereocenters. The number of alkyl halides is 3. The van der Waals surface area contributed by atoms with E-state index in [0.717, 1.165) is 28.8 Å². The molecule has 2 heterocycles. The van der Waals surface area contributed by atoms with Crippen LogP contribution in [0.15, 0.2) is 82.6 Å². The topological polar surface area (TPSA) is 116 Å². The second-order valence-corrected chi connectivity index (χ2v) is 7.26. The van der Waals surface area contributed by atoms with E-state index in [9.17, 15) is 18.3 Å². The third kappa shape index (κ3) is 5.56. The van der Waals surface area contributed by atoms with E-state index in [-0.39, 0.29) is 18.1 Å². The zero-order chi connectivity index (χ0) is 24.1. The molecule has 0 bridgehead atoms. The minimum Gasteiger partial charge on any atom is -0.846 e. The SMILES string of the molecule is NCc1ccccc1-c1ccc(C[n+]2cc(N=C([O-])Nc3cccc(C(F)(F)F)c3)on2)nc1. The number of nitrogens with one attached hydrogen (secondary N) is 1. The predicted octanol–water partition coefficient (Wildman–Crippen LogP) is 3.01. The molecule has 0 aliphatic rings. The molecule has 4 rings (SSSR count). The first kappa shape index (κ1) is 22.9. The fourth-order valence-corrected chi connectivity index (χ4v) is 3.24. The van der Waals surface area contributed by atoms with E-state index in [1.54, 1.807) is 6.20 Å². The fraction of sp³-hybridized carbons (Fsp3) is 0.130. The van der Waals surface area contributed by atoms with Crippen molar-refractivity contribution in [3.63, 3.8) is 0 Å². The molecule has 11 heteroatoms. The van der Waals surface area contributed by atoms with Gasteiger partial charge in [0.2, 0.25) is 11.8 Å². The second-order valence-electron chi connectivity index (χ2n) is 7.26. The maximum absolute atomic E-state index is 12.8. The number of pyridine rings is 1. The normalized spacial score (nSPS) is 12.1. The van der Waals surface area contributed by atoms with Crippen molar-refractivity contribution < 1.29 is 27.5 Å². The van der Waals surface area contributed by atoms with Crippen LogP contribution >= 0.6 is 0 Å². The van der Waals surface area contributed by atoms with Gasteiger partial charge in [0.25, 0.3) is 6.20 Å². The van der Waals surface area contributed by atoms with Crippen LogP contribution in [-0.2, 0) is 19.3 Å². The van der Waals surface area contributed by atoms with Gasteiger partial charge in [0.15, 0.2) is 0 Å². The molecule has 2 aromatic carbocycles. The number of aromatic nitrogens is 3. The van der Waals surface area contributed by atoms with E-state index in [2.05, 4.69) is 20.6 Å². The molecular weight excluding hydrogens is 449 g/mol. The van der Waals surface area contributed by atoms with Crippen LogP contribution in [0.1, 0.15) is 16.8 Å². The molecule has 34 heavy (non-hydrogen) atoms.